The molecule has 0 atom stereocenters. The highest BCUT2D eigenvalue weighted by Crippen LogP contribution is 2.35. The molecule has 2 aromatic rings. The van der Waals surface area contributed by atoms with Crippen molar-refractivity contribution in [1.29, 1.82) is 0 Å². The van der Waals surface area contributed by atoms with Gasteiger partial charge in [-0.2, -0.15) is 13.2 Å². The molecule has 0 aliphatic carbocycles. The Labute approximate surface area is 126 Å². The standard InChI is InChI=1S/C12H11F4N5O2/c13-6-1-2-8(7(5-6)12(14,15)16)19-11(22)18-4-3-9-20-21-10(17)23-9/h1-2,5H,3-4H2,(H2,17,21)(H2,18,19,22). The highest BCUT2D eigenvalue weighted by molar-refractivity contribution is 5.90. The van der Waals surface area contributed by atoms with Gasteiger partial charge in [-0.15, -0.1) is 5.10 Å². The molecule has 2 rings (SSSR count). The van der Waals surface area contributed by atoms with Gasteiger partial charge in [-0.3, -0.25) is 0 Å². The number of nitrogens with one attached hydrogen (secondary N) is 2. The van der Waals surface area contributed by atoms with E-state index in [2.05, 4.69) is 15.5 Å². The van der Waals surface area contributed by atoms with Crippen LogP contribution in [0.2, 0.25) is 0 Å². The fourth-order valence-corrected chi connectivity index (χ4v) is 1.68. The number of rotatable bonds is 4. The highest BCUT2D eigenvalue weighted by atomic mass is 19.4. The number of nitrogens with two attached hydrogens (primary N) is 1. The molecular weight excluding hydrogens is 322 g/mol. The van der Waals surface area contributed by atoms with Gasteiger partial charge in [0.25, 0.3) is 0 Å². The van der Waals surface area contributed by atoms with Gasteiger partial charge in [-0.1, -0.05) is 5.10 Å². The molecule has 0 saturated heterocycles. The molecule has 0 saturated carbocycles. The summed E-state index contributed by atoms with van der Waals surface area (Å²) in [4.78, 5) is 11.6. The van der Waals surface area contributed by atoms with Gasteiger partial charge in [0.1, 0.15) is 5.82 Å². The average Bonchev–Trinajstić information content (AvgIpc) is 2.85. The van der Waals surface area contributed by atoms with Gasteiger partial charge in [0, 0.05) is 13.0 Å². The number of nitrogens with zero attached hydrogens (tertiary/aromatic N) is 2. The van der Waals surface area contributed by atoms with Crippen LogP contribution in [0.3, 0.4) is 0 Å². The molecule has 4 N–H and O–H groups in total. The Balaban J connectivity index is 1.95. The number of hydrogen-bond acceptors (Lipinski definition) is 5. The van der Waals surface area contributed by atoms with Crippen molar-refractivity contribution in [2.45, 2.75) is 12.6 Å². The van der Waals surface area contributed by atoms with E-state index < -0.39 is 29.3 Å². The Morgan fingerprint density at radius 3 is 2.65 bits per heavy atom. The molecule has 0 spiro atoms. The minimum Gasteiger partial charge on any atom is -0.408 e. The van der Waals surface area contributed by atoms with Gasteiger partial charge in [0.2, 0.25) is 5.89 Å². The third-order valence-corrected chi connectivity index (χ3v) is 2.64. The maximum atomic E-state index is 12.9. The van der Waals surface area contributed by atoms with Crippen molar-refractivity contribution in [3.8, 4) is 0 Å². The molecule has 0 aliphatic heterocycles. The zero-order valence-corrected chi connectivity index (χ0v) is 11.4. The summed E-state index contributed by atoms with van der Waals surface area (Å²) in [6.45, 7) is 0.0238. The third kappa shape index (κ3) is 4.56. The summed E-state index contributed by atoms with van der Waals surface area (Å²) in [5.74, 6) is -0.891. The lowest BCUT2D eigenvalue weighted by Crippen LogP contribution is -2.31. The van der Waals surface area contributed by atoms with E-state index in [4.69, 9.17) is 10.2 Å². The van der Waals surface area contributed by atoms with Gasteiger partial charge >= 0.3 is 18.2 Å². The minimum absolute atomic E-state index is 0.0238. The Kier molecular flexibility index (Phi) is 4.67. The number of urea groups is 1. The summed E-state index contributed by atoms with van der Waals surface area (Å²) < 4.78 is 56.1. The molecular formula is C12H11F4N5O2. The van der Waals surface area contributed by atoms with Crippen LogP contribution in [0.5, 0.6) is 0 Å². The number of aromatic nitrogens is 2. The average molecular weight is 333 g/mol. The summed E-state index contributed by atoms with van der Waals surface area (Å²) >= 11 is 0. The molecule has 0 aliphatic rings. The number of anilines is 2. The van der Waals surface area contributed by atoms with E-state index in [9.17, 15) is 22.4 Å². The Bertz CT molecular complexity index is 701. The van der Waals surface area contributed by atoms with Crippen LogP contribution in [-0.2, 0) is 12.6 Å². The molecule has 0 radical (unpaired) electrons. The van der Waals surface area contributed by atoms with Crippen LogP contribution < -0.4 is 16.4 Å². The zero-order chi connectivity index (χ0) is 17.0. The summed E-state index contributed by atoms with van der Waals surface area (Å²) in [6, 6.07) is 0.916. The molecule has 1 heterocycles. The fourth-order valence-electron chi connectivity index (χ4n) is 1.68. The lowest BCUT2D eigenvalue weighted by atomic mass is 10.1. The molecule has 1 aromatic heterocycles. The zero-order valence-electron chi connectivity index (χ0n) is 11.4. The second-order valence-electron chi connectivity index (χ2n) is 4.35. The molecule has 124 valence electrons. The van der Waals surface area contributed by atoms with E-state index in [1.165, 1.54) is 0 Å². The van der Waals surface area contributed by atoms with E-state index in [1.807, 2.05) is 5.32 Å². The number of alkyl halides is 3. The number of benzene rings is 1. The molecule has 0 fully saturated rings. The number of amides is 2. The Morgan fingerprint density at radius 1 is 1.30 bits per heavy atom. The molecule has 11 heteroatoms. The van der Waals surface area contributed by atoms with Gasteiger partial charge in [0.05, 0.1) is 11.3 Å². The van der Waals surface area contributed by atoms with Gasteiger partial charge in [0.15, 0.2) is 0 Å². The smallest absolute Gasteiger partial charge is 0.408 e. The second kappa shape index (κ2) is 6.50. The van der Waals surface area contributed by atoms with Gasteiger partial charge in [-0.25, -0.2) is 9.18 Å². The lowest BCUT2D eigenvalue weighted by molar-refractivity contribution is -0.137. The van der Waals surface area contributed by atoms with Gasteiger partial charge in [-0.05, 0) is 18.2 Å². The number of carbonyl (C=O) groups is 1. The second-order valence-corrected chi connectivity index (χ2v) is 4.35. The van der Waals surface area contributed by atoms with Crippen molar-refractivity contribution in [2.24, 2.45) is 0 Å². The molecule has 0 unspecified atom stereocenters. The van der Waals surface area contributed by atoms with Crippen LogP contribution in [0.4, 0.5) is 34.1 Å². The van der Waals surface area contributed by atoms with E-state index in [1.54, 1.807) is 0 Å². The first-order valence-electron chi connectivity index (χ1n) is 6.25. The van der Waals surface area contributed by atoms with Crippen LogP contribution in [0.25, 0.3) is 0 Å². The first-order chi connectivity index (χ1) is 10.8. The van der Waals surface area contributed by atoms with Crippen LogP contribution in [-0.4, -0.2) is 22.8 Å². The van der Waals surface area contributed by atoms with Crippen LogP contribution in [0, 0.1) is 5.82 Å². The molecule has 23 heavy (non-hydrogen) atoms. The van der Waals surface area contributed by atoms with E-state index >= 15 is 0 Å². The monoisotopic (exact) mass is 333 g/mol. The molecule has 0 bridgehead atoms. The first kappa shape index (κ1) is 16.5. The Morgan fingerprint density at radius 2 is 2.04 bits per heavy atom. The molecule has 1 aromatic carbocycles. The summed E-state index contributed by atoms with van der Waals surface area (Å²) in [5, 5.41) is 11.3. The molecule has 2 amide bonds. The van der Waals surface area contributed by atoms with Crippen molar-refractivity contribution >= 4 is 17.7 Å². The van der Waals surface area contributed by atoms with Crippen molar-refractivity contribution in [3.05, 3.63) is 35.5 Å². The van der Waals surface area contributed by atoms with Crippen molar-refractivity contribution in [2.75, 3.05) is 17.6 Å². The maximum Gasteiger partial charge on any atom is 0.418 e. The van der Waals surface area contributed by atoms with Crippen molar-refractivity contribution in [3.63, 3.8) is 0 Å². The SMILES string of the molecule is Nc1nnc(CCNC(=O)Nc2ccc(F)cc2C(F)(F)F)o1. The van der Waals surface area contributed by atoms with Crippen LogP contribution in [0.15, 0.2) is 22.6 Å². The van der Waals surface area contributed by atoms with E-state index in [-0.39, 0.29) is 24.9 Å². The minimum atomic E-state index is -4.80. The largest absolute Gasteiger partial charge is 0.418 e. The van der Waals surface area contributed by atoms with E-state index in [0.717, 1.165) is 12.1 Å². The topological polar surface area (TPSA) is 106 Å². The lowest BCUT2D eigenvalue weighted by Gasteiger charge is -2.14. The number of carbonyl (C=O) groups excluding carboxylic acids is 1. The first-order valence-corrected chi connectivity index (χ1v) is 6.25. The highest BCUT2D eigenvalue weighted by Gasteiger charge is 2.34. The number of hydrogen-bond donors (Lipinski definition) is 3. The maximum absolute atomic E-state index is 12.9. The van der Waals surface area contributed by atoms with Crippen LogP contribution in [0.1, 0.15) is 11.5 Å². The fraction of sp³-hybridized carbons (Fsp3) is 0.250. The summed E-state index contributed by atoms with van der Waals surface area (Å²) in [7, 11) is 0. The van der Waals surface area contributed by atoms with Crippen molar-refractivity contribution in [1.82, 2.24) is 15.5 Å². The summed E-state index contributed by atoms with van der Waals surface area (Å²) in [6.07, 6.45) is -4.65. The number of halogens is 4. The predicted octanol–water partition coefficient (Wildman–Crippen LogP) is 2.17. The normalized spacial score (nSPS) is 11.3. The third-order valence-electron chi connectivity index (χ3n) is 2.64. The van der Waals surface area contributed by atoms with Gasteiger partial charge < -0.3 is 20.8 Å². The Hall–Kier alpha value is -2.85. The quantitative estimate of drug-likeness (QED) is 0.744. The summed E-state index contributed by atoms with van der Waals surface area (Å²) in [5.41, 5.74) is 3.37. The number of nitrogen functional groups attached to an aromatic ring is 1. The van der Waals surface area contributed by atoms with E-state index in [0.29, 0.717) is 6.07 Å². The molecule has 7 nitrogen and oxygen atoms in total. The predicted molar refractivity (Wildman–Crippen MR) is 70.8 cm³/mol. The van der Waals surface area contributed by atoms with Crippen LogP contribution >= 0.6 is 0 Å². The van der Waals surface area contributed by atoms with Crippen molar-refractivity contribution < 1.29 is 26.8 Å².